The van der Waals surface area contributed by atoms with Gasteiger partial charge in [-0.1, -0.05) is 28.1 Å². The van der Waals surface area contributed by atoms with Crippen LogP contribution < -0.4 is 0 Å². The van der Waals surface area contributed by atoms with E-state index in [0.717, 1.165) is 60.5 Å². The van der Waals surface area contributed by atoms with E-state index in [4.69, 9.17) is 0 Å². The number of alkyl halides is 3. The van der Waals surface area contributed by atoms with Gasteiger partial charge in [-0.05, 0) is 93.6 Å². The first-order chi connectivity index (χ1) is 18.0. The van der Waals surface area contributed by atoms with Crippen LogP contribution in [-0.4, -0.2) is 47.2 Å². The molecular weight excluding hydrogens is 581 g/mol. The average molecular weight is 612 g/mol. The van der Waals surface area contributed by atoms with E-state index in [9.17, 15) is 21.6 Å². The summed E-state index contributed by atoms with van der Waals surface area (Å²) < 4.78 is 69.2. The normalized spacial score (nSPS) is 24.0. The number of nitrogens with zero attached hydrogens (tertiary/aromatic N) is 4. The smallest absolute Gasteiger partial charge is 0.320 e. The Bertz CT molecular complexity index is 1360. The maximum absolute atomic E-state index is 14.1. The second kappa shape index (κ2) is 10.4. The van der Waals surface area contributed by atoms with Crippen LogP contribution in [0.3, 0.4) is 0 Å². The van der Waals surface area contributed by atoms with E-state index in [1.54, 1.807) is 6.33 Å². The lowest BCUT2D eigenvalue weighted by Crippen LogP contribution is -2.48. The molecule has 1 aliphatic carbocycles. The molecule has 2 fully saturated rings. The van der Waals surface area contributed by atoms with Crippen molar-refractivity contribution in [3.8, 4) is 0 Å². The molecule has 1 saturated heterocycles. The van der Waals surface area contributed by atoms with E-state index < -0.39 is 26.3 Å². The Labute approximate surface area is 229 Å². The molecule has 0 spiro atoms. The molecule has 0 bridgehead atoms. The number of hydrogen-bond donors (Lipinski definition) is 0. The minimum absolute atomic E-state index is 0.0728. The largest absolute Gasteiger partial charge is 0.416 e. The van der Waals surface area contributed by atoms with E-state index in [1.165, 1.54) is 0 Å². The number of aryl methyl sites for hydroxylation is 1. The van der Waals surface area contributed by atoms with Crippen molar-refractivity contribution in [3.63, 3.8) is 0 Å². The monoisotopic (exact) mass is 610 g/mol. The summed E-state index contributed by atoms with van der Waals surface area (Å²) in [4.78, 5) is 2.39. The van der Waals surface area contributed by atoms with Crippen LogP contribution in [-0.2, 0) is 27.8 Å². The van der Waals surface area contributed by atoms with Crippen molar-refractivity contribution >= 4 is 25.8 Å². The molecule has 0 N–H and O–H groups in total. The highest BCUT2D eigenvalue weighted by molar-refractivity contribution is 9.10. The van der Waals surface area contributed by atoms with Gasteiger partial charge in [0.15, 0.2) is 9.84 Å². The van der Waals surface area contributed by atoms with Crippen molar-refractivity contribution in [2.75, 3.05) is 13.1 Å². The lowest BCUT2D eigenvalue weighted by Gasteiger charge is -2.45. The molecule has 0 atom stereocenters. The molecule has 2 heterocycles. The predicted molar refractivity (Wildman–Crippen MR) is 141 cm³/mol. The van der Waals surface area contributed by atoms with E-state index in [-0.39, 0.29) is 10.9 Å². The number of hydrogen-bond acceptors (Lipinski definition) is 5. The van der Waals surface area contributed by atoms with Crippen LogP contribution in [0.2, 0.25) is 0 Å². The topological polar surface area (TPSA) is 68.1 Å². The van der Waals surface area contributed by atoms with Gasteiger partial charge in [-0.25, -0.2) is 8.42 Å². The molecular formula is C27H30BrF3N4O2S. The van der Waals surface area contributed by atoms with Gasteiger partial charge in [0.05, 0.1) is 10.5 Å². The van der Waals surface area contributed by atoms with E-state index in [2.05, 4.69) is 31.0 Å². The summed E-state index contributed by atoms with van der Waals surface area (Å²) in [6.07, 6.45) is 1.37. The van der Waals surface area contributed by atoms with Crippen molar-refractivity contribution in [1.82, 2.24) is 19.7 Å². The van der Waals surface area contributed by atoms with E-state index in [0.29, 0.717) is 37.2 Å². The predicted octanol–water partition coefficient (Wildman–Crippen LogP) is 6.09. The second-order valence-electron chi connectivity index (χ2n) is 10.4. The molecule has 204 valence electrons. The zero-order chi connectivity index (χ0) is 27.1. The molecule has 0 unspecified atom stereocenters. The number of halogens is 4. The summed E-state index contributed by atoms with van der Waals surface area (Å²) in [5.41, 5.74) is -0.178. The SMILES string of the molecule is Cn1cnnc1C1CCN(C2CCC(c3ccc(Br)cc3)(S(=O)(=O)c3ccc(C(F)(F)F)cc3)CC2)CC1. The molecule has 2 aromatic carbocycles. The quantitative estimate of drug-likeness (QED) is 0.350. The molecule has 1 aliphatic heterocycles. The fourth-order valence-corrected chi connectivity index (χ4v) is 8.56. The number of aromatic nitrogens is 3. The van der Waals surface area contributed by atoms with Crippen LogP contribution in [0.5, 0.6) is 0 Å². The highest BCUT2D eigenvalue weighted by atomic mass is 79.9. The fraction of sp³-hybridized carbons (Fsp3) is 0.481. The average Bonchev–Trinajstić information content (AvgIpc) is 3.34. The second-order valence-corrected chi connectivity index (χ2v) is 13.5. The number of likely N-dealkylation sites (tertiary alicyclic amines) is 1. The lowest BCUT2D eigenvalue weighted by atomic mass is 9.79. The fourth-order valence-electron chi connectivity index (χ4n) is 6.13. The number of sulfone groups is 1. The van der Waals surface area contributed by atoms with Crippen LogP contribution in [0.15, 0.2) is 64.2 Å². The first-order valence-electron chi connectivity index (χ1n) is 12.8. The van der Waals surface area contributed by atoms with E-state index >= 15 is 0 Å². The van der Waals surface area contributed by atoms with Gasteiger partial charge in [0.1, 0.15) is 16.9 Å². The summed E-state index contributed by atoms with van der Waals surface area (Å²) in [5.74, 6) is 1.37. The van der Waals surface area contributed by atoms with Gasteiger partial charge in [-0.2, -0.15) is 13.2 Å². The van der Waals surface area contributed by atoms with Crippen LogP contribution in [0.1, 0.15) is 61.4 Å². The third kappa shape index (κ3) is 5.04. The zero-order valence-electron chi connectivity index (χ0n) is 21.0. The van der Waals surface area contributed by atoms with Gasteiger partial charge in [-0.15, -0.1) is 10.2 Å². The Hall–Kier alpha value is -2.24. The Kier molecular flexibility index (Phi) is 7.47. The Morgan fingerprint density at radius 2 is 1.55 bits per heavy atom. The van der Waals surface area contributed by atoms with E-state index in [1.807, 2.05) is 35.9 Å². The van der Waals surface area contributed by atoms with Crippen molar-refractivity contribution in [1.29, 1.82) is 0 Å². The highest BCUT2D eigenvalue weighted by Gasteiger charge is 2.49. The molecule has 11 heteroatoms. The summed E-state index contributed by atoms with van der Waals surface area (Å²) >= 11 is 3.42. The summed E-state index contributed by atoms with van der Waals surface area (Å²) in [6.45, 7) is 1.83. The van der Waals surface area contributed by atoms with Gasteiger partial charge in [0.25, 0.3) is 0 Å². The molecule has 1 aromatic heterocycles. The summed E-state index contributed by atoms with van der Waals surface area (Å²) in [6, 6.07) is 11.5. The lowest BCUT2D eigenvalue weighted by molar-refractivity contribution is -0.137. The Morgan fingerprint density at radius 3 is 2.08 bits per heavy atom. The Morgan fingerprint density at radius 1 is 0.947 bits per heavy atom. The molecule has 0 radical (unpaired) electrons. The minimum atomic E-state index is -4.52. The van der Waals surface area contributed by atoms with Crippen molar-refractivity contribution in [2.45, 2.75) is 66.3 Å². The van der Waals surface area contributed by atoms with Crippen LogP contribution in [0, 0.1) is 0 Å². The standard InChI is InChI=1S/C27H30BrF3N4O2S/c1-34-18-32-33-25(34)19-12-16-35(17-13-19)23-10-14-26(15-11-23,20-2-6-22(28)7-3-20)38(36,37)24-8-4-21(5-9-24)27(29,30)31/h2-9,18-19,23H,10-17H2,1H3. The maximum Gasteiger partial charge on any atom is 0.416 e. The van der Waals surface area contributed by atoms with Gasteiger partial charge < -0.3 is 9.47 Å². The van der Waals surface area contributed by atoms with Gasteiger partial charge in [-0.3, -0.25) is 0 Å². The summed E-state index contributed by atoms with van der Waals surface area (Å²) in [5, 5.41) is 8.28. The van der Waals surface area contributed by atoms with Crippen molar-refractivity contribution < 1.29 is 21.6 Å². The van der Waals surface area contributed by atoms with Gasteiger partial charge >= 0.3 is 6.18 Å². The maximum atomic E-state index is 14.1. The highest BCUT2D eigenvalue weighted by Crippen LogP contribution is 2.48. The number of piperidine rings is 1. The Balaban J connectivity index is 1.37. The van der Waals surface area contributed by atoms with Crippen molar-refractivity contribution in [3.05, 3.63) is 76.3 Å². The molecule has 2 aliphatic rings. The first-order valence-corrected chi connectivity index (χ1v) is 15.0. The third-order valence-corrected chi connectivity index (χ3v) is 11.4. The molecule has 5 rings (SSSR count). The minimum Gasteiger partial charge on any atom is -0.320 e. The summed E-state index contributed by atoms with van der Waals surface area (Å²) in [7, 11) is -2.01. The van der Waals surface area contributed by atoms with Gasteiger partial charge in [0, 0.05) is 23.5 Å². The number of benzene rings is 2. The molecule has 1 saturated carbocycles. The number of rotatable bonds is 5. The third-order valence-electron chi connectivity index (χ3n) is 8.30. The van der Waals surface area contributed by atoms with Crippen LogP contribution in [0.4, 0.5) is 13.2 Å². The molecule has 3 aromatic rings. The molecule has 0 amide bonds. The van der Waals surface area contributed by atoms with Crippen LogP contribution >= 0.6 is 15.9 Å². The van der Waals surface area contributed by atoms with Crippen molar-refractivity contribution in [2.24, 2.45) is 7.05 Å². The molecule has 38 heavy (non-hydrogen) atoms. The van der Waals surface area contributed by atoms with Gasteiger partial charge in [0.2, 0.25) is 0 Å². The van der Waals surface area contributed by atoms with Crippen LogP contribution in [0.25, 0.3) is 0 Å². The first kappa shape index (κ1) is 27.3. The zero-order valence-corrected chi connectivity index (χ0v) is 23.4. The molecule has 6 nitrogen and oxygen atoms in total.